The summed E-state index contributed by atoms with van der Waals surface area (Å²) in [5.74, 6) is 2.30. The topological polar surface area (TPSA) is 42.7 Å². The van der Waals surface area contributed by atoms with Gasteiger partial charge >= 0.3 is 0 Å². The molecule has 1 fully saturated rings. The smallest absolute Gasteiger partial charge is 0.160 e. The van der Waals surface area contributed by atoms with Gasteiger partial charge in [-0.1, -0.05) is 13.8 Å². The number of nitrogens with zero attached hydrogens (tertiary/aromatic N) is 3. The van der Waals surface area contributed by atoms with Gasteiger partial charge in [-0.25, -0.2) is 9.97 Å². The minimum absolute atomic E-state index is 0. The maximum Gasteiger partial charge on any atom is 0.160 e. The van der Waals surface area contributed by atoms with Gasteiger partial charge < -0.3 is 9.88 Å². The van der Waals surface area contributed by atoms with E-state index in [9.17, 15) is 0 Å². The van der Waals surface area contributed by atoms with E-state index in [0.717, 1.165) is 30.8 Å². The summed E-state index contributed by atoms with van der Waals surface area (Å²) in [7, 11) is 0. The van der Waals surface area contributed by atoms with Crippen LogP contribution in [0.3, 0.4) is 0 Å². The van der Waals surface area contributed by atoms with Crippen molar-refractivity contribution in [1.82, 2.24) is 19.9 Å². The first-order chi connectivity index (χ1) is 9.25. The number of piperidine rings is 1. The summed E-state index contributed by atoms with van der Waals surface area (Å²) in [5.41, 5.74) is 2.06. The fourth-order valence-corrected chi connectivity index (χ4v) is 2.93. The van der Waals surface area contributed by atoms with Crippen molar-refractivity contribution in [2.75, 3.05) is 13.1 Å². The fraction of sp³-hybridized carbons (Fsp3) is 0.600. The maximum absolute atomic E-state index is 4.76. The zero-order valence-electron chi connectivity index (χ0n) is 12.2. The van der Waals surface area contributed by atoms with Gasteiger partial charge in [0.05, 0.1) is 0 Å². The number of halogens is 1. The number of aromatic nitrogens is 3. The first-order valence-electron chi connectivity index (χ1n) is 7.27. The van der Waals surface area contributed by atoms with E-state index in [2.05, 4.69) is 34.8 Å². The molecule has 0 saturated carbocycles. The monoisotopic (exact) mass is 294 g/mol. The molecular formula is C15H23ClN4. The van der Waals surface area contributed by atoms with Crippen molar-refractivity contribution in [2.45, 2.75) is 39.2 Å². The van der Waals surface area contributed by atoms with Crippen molar-refractivity contribution < 1.29 is 0 Å². The molecule has 3 heterocycles. The van der Waals surface area contributed by atoms with Crippen LogP contribution in [0.2, 0.25) is 0 Å². The van der Waals surface area contributed by atoms with Gasteiger partial charge in [0.15, 0.2) is 5.65 Å². The normalized spacial score (nSPS) is 19.2. The number of rotatable bonds is 3. The second kappa shape index (κ2) is 6.55. The van der Waals surface area contributed by atoms with Crippen molar-refractivity contribution in [2.24, 2.45) is 5.92 Å². The van der Waals surface area contributed by atoms with Crippen LogP contribution in [0.1, 0.15) is 38.4 Å². The third-order valence-corrected chi connectivity index (χ3v) is 3.89. The summed E-state index contributed by atoms with van der Waals surface area (Å²) in [5, 5.41) is 3.49. The van der Waals surface area contributed by atoms with E-state index in [1.165, 1.54) is 18.7 Å². The van der Waals surface area contributed by atoms with Crippen LogP contribution < -0.4 is 5.32 Å². The molecule has 0 radical (unpaired) electrons. The highest BCUT2D eigenvalue weighted by atomic mass is 35.5. The molecule has 110 valence electrons. The first-order valence-corrected chi connectivity index (χ1v) is 7.27. The van der Waals surface area contributed by atoms with Crippen molar-refractivity contribution in [3.8, 4) is 0 Å². The Balaban J connectivity index is 0.00000147. The van der Waals surface area contributed by atoms with Gasteiger partial charge in [0.1, 0.15) is 11.3 Å². The minimum atomic E-state index is 0. The molecule has 1 unspecified atom stereocenters. The van der Waals surface area contributed by atoms with Crippen LogP contribution in [-0.2, 0) is 6.54 Å². The molecule has 1 N–H and O–H groups in total. The van der Waals surface area contributed by atoms with Crippen molar-refractivity contribution >= 4 is 23.6 Å². The van der Waals surface area contributed by atoms with Gasteiger partial charge in [-0.15, -0.1) is 12.4 Å². The SMILES string of the molecule is CC(C)c1nc2cccnc2n1CC1CCCNC1.Cl. The largest absolute Gasteiger partial charge is 0.316 e. The van der Waals surface area contributed by atoms with Crippen molar-refractivity contribution in [1.29, 1.82) is 0 Å². The lowest BCUT2D eigenvalue weighted by Crippen LogP contribution is -2.32. The van der Waals surface area contributed by atoms with Gasteiger partial charge in [0.25, 0.3) is 0 Å². The molecule has 20 heavy (non-hydrogen) atoms. The number of imidazole rings is 1. The number of pyridine rings is 1. The summed E-state index contributed by atoms with van der Waals surface area (Å²) in [6, 6.07) is 4.02. The molecule has 5 heteroatoms. The summed E-state index contributed by atoms with van der Waals surface area (Å²) in [6.45, 7) is 7.72. The molecule has 1 aliphatic heterocycles. The second-order valence-corrected chi connectivity index (χ2v) is 5.79. The van der Waals surface area contributed by atoms with Gasteiger partial charge in [-0.2, -0.15) is 0 Å². The van der Waals surface area contributed by atoms with Crippen LogP contribution in [0.15, 0.2) is 18.3 Å². The Hall–Kier alpha value is -1.13. The molecule has 2 aromatic heterocycles. The van der Waals surface area contributed by atoms with Crippen molar-refractivity contribution in [3.05, 3.63) is 24.2 Å². The van der Waals surface area contributed by atoms with Crippen LogP contribution in [0.4, 0.5) is 0 Å². The molecule has 0 aromatic carbocycles. The Kier molecular flexibility index (Phi) is 5.00. The van der Waals surface area contributed by atoms with E-state index < -0.39 is 0 Å². The Morgan fingerprint density at radius 3 is 3.00 bits per heavy atom. The van der Waals surface area contributed by atoms with E-state index in [0.29, 0.717) is 11.8 Å². The lowest BCUT2D eigenvalue weighted by molar-refractivity contribution is 0.335. The molecule has 4 nitrogen and oxygen atoms in total. The van der Waals surface area contributed by atoms with E-state index in [-0.39, 0.29) is 12.4 Å². The highest BCUT2D eigenvalue weighted by Gasteiger charge is 2.19. The number of nitrogens with one attached hydrogen (secondary N) is 1. The number of hydrogen-bond acceptors (Lipinski definition) is 3. The quantitative estimate of drug-likeness (QED) is 0.946. The summed E-state index contributed by atoms with van der Waals surface area (Å²) < 4.78 is 2.33. The predicted octanol–water partition coefficient (Wildman–Crippen LogP) is 2.98. The van der Waals surface area contributed by atoms with E-state index in [1.54, 1.807) is 0 Å². The van der Waals surface area contributed by atoms with E-state index in [4.69, 9.17) is 4.98 Å². The Morgan fingerprint density at radius 2 is 2.30 bits per heavy atom. The molecule has 0 aliphatic carbocycles. The van der Waals surface area contributed by atoms with Crippen molar-refractivity contribution in [3.63, 3.8) is 0 Å². The fourth-order valence-electron chi connectivity index (χ4n) is 2.93. The van der Waals surface area contributed by atoms with Gasteiger partial charge in [-0.3, -0.25) is 0 Å². The first kappa shape index (κ1) is 15.3. The maximum atomic E-state index is 4.76. The Morgan fingerprint density at radius 1 is 1.45 bits per heavy atom. The third-order valence-electron chi connectivity index (χ3n) is 3.89. The molecule has 0 bridgehead atoms. The van der Waals surface area contributed by atoms with Crippen LogP contribution >= 0.6 is 12.4 Å². The molecule has 1 aliphatic rings. The van der Waals surface area contributed by atoms with E-state index in [1.807, 2.05) is 12.3 Å². The predicted molar refractivity (Wildman–Crippen MR) is 84.5 cm³/mol. The highest BCUT2D eigenvalue weighted by Crippen LogP contribution is 2.23. The zero-order valence-corrected chi connectivity index (χ0v) is 13.0. The van der Waals surface area contributed by atoms with Gasteiger partial charge in [0.2, 0.25) is 0 Å². The number of hydrogen-bond donors (Lipinski definition) is 1. The van der Waals surface area contributed by atoms with Gasteiger partial charge in [-0.05, 0) is 44.0 Å². The van der Waals surface area contributed by atoms with Crippen LogP contribution in [-0.4, -0.2) is 27.6 Å². The molecule has 0 amide bonds. The summed E-state index contributed by atoms with van der Waals surface area (Å²) in [4.78, 5) is 9.29. The third kappa shape index (κ3) is 2.96. The summed E-state index contributed by atoms with van der Waals surface area (Å²) >= 11 is 0. The Bertz CT molecular complexity index is 558. The van der Waals surface area contributed by atoms with Gasteiger partial charge in [0, 0.05) is 18.7 Å². The lowest BCUT2D eigenvalue weighted by Gasteiger charge is -2.24. The summed E-state index contributed by atoms with van der Waals surface area (Å²) in [6.07, 6.45) is 4.45. The molecule has 1 atom stereocenters. The molecule has 3 rings (SSSR count). The zero-order chi connectivity index (χ0) is 13.2. The Labute approximate surface area is 126 Å². The minimum Gasteiger partial charge on any atom is -0.316 e. The number of fused-ring (bicyclic) bond motifs is 1. The lowest BCUT2D eigenvalue weighted by atomic mass is 9.99. The average molecular weight is 295 g/mol. The standard InChI is InChI=1S/C15H22N4.ClH/c1-11(2)14-18-13-6-4-8-17-15(13)19(14)10-12-5-3-7-16-9-12;/h4,6,8,11-12,16H,3,5,7,9-10H2,1-2H3;1H. The van der Waals surface area contributed by atoms with Crippen LogP contribution in [0.25, 0.3) is 11.2 Å². The second-order valence-electron chi connectivity index (χ2n) is 5.79. The van der Waals surface area contributed by atoms with Crippen LogP contribution in [0.5, 0.6) is 0 Å². The average Bonchev–Trinajstić information content (AvgIpc) is 2.79. The molecule has 1 saturated heterocycles. The molecule has 0 spiro atoms. The molecule has 2 aromatic rings. The highest BCUT2D eigenvalue weighted by molar-refractivity contribution is 5.85. The molecular weight excluding hydrogens is 272 g/mol. The van der Waals surface area contributed by atoms with Crippen LogP contribution in [0, 0.1) is 5.92 Å². The van der Waals surface area contributed by atoms with E-state index >= 15 is 0 Å².